The number of rotatable bonds is 5. The summed E-state index contributed by atoms with van der Waals surface area (Å²) in [5.41, 5.74) is 1.81. The molecule has 0 radical (unpaired) electrons. The SMILES string of the molecule is CCc1ccccc1NC(=O)Cn1cnc2onc(-c3cccc(F)c3)c2c1=O. The Hall–Kier alpha value is -3.81. The summed E-state index contributed by atoms with van der Waals surface area (Å²) in [4.78, 5) is 29.5. The highest BCUT2D eigenvalue weighted by atomic mass is 19.1. The van der Waals surface area contributed by atoms with Gasteiger partial charge in [-0.3, -0.25) is 14.2 Å². The van der Waals surface area contributed by atoms with Gasteiger partial charge in [0.1, 0.15) is 29.8 Å². The molecule has 1 N–H and O–H groups in total. The number of fused-ring (bicyclic) bond motifs is 1. The van der Waals surface area contributed by atoms with E-state index in [0.29, 0.717) is 11.3 Å². The van der Waals surface area contributed by atoms with Crippen molar-refractivity contribution < 1.29 is 13.7 Å². The van der Waals surface area contributed by atoms with Crippen LogP contribution in [-0.2, 0) is 17.8 Å². The predicted molar refractivity (Wildman–Crippen MR) is 106 cm³/mol. The van der Waals surface area contributed by atoms with Gasteiger partial charge in [0, 0.05) is 11.3 Å². The second-order valence-corrected chi connectivity index (χ2v) is 6.46. The number of halogens is 1. The lowest BCUT2D eigenvalue weighted by Gasteiger charge is -2.10. The number of hydrogen-bond donors (Lipinski definition) is 1. The second kappa shape index (κ2) is 7.67. The summed E-state index contributed by atoms with van der Waals surface area (Å²) >= 11 is 0. The van der Waals surface area contributed by atoms with Crippen LogP contribution < -0.4 is 10.9 Å². The van der Waals surface area contributed by atoms with Crippen LogP contribution in [0.3, 0.4) is 0 Å². The Morgan fingerprint density at radius 2 is 2.03 bits per heavy atom. The van der Waals surface area contributed by atoms with Crippen LogP contribution in [0.4, 0.5) is 10.1 Å². The van der Waals surface area contributed by atoms with E-state index in [9.17, 15) is 14.0 Å². The van der Waals surface area contributed by atoms with E-state index in [1.54, 1.807) is 6.07 Å². The van der Waals surface area contributed by atoms with Crippen LogP contribution in [0.2, 0.25) is 0 Å². The van der Waals surface area contributed by atoms with Crippen LogP contribution in [0.5, 0.6) is 0 Å². The Labute approximate surface area is 164 Å². The third-order valence-corrected chi connectivity index (χ3v) is 4.55. The number of nitrogens with one attached hydrogen (secondary N) is 1. The zero-order valence-corrected chi connectivity index (χ0v) is 15.6. The van der Waals surface area contributed by atoms with Crippen molar-refractivity contribution in [2.24, 2.45) is 0 Å². The van der Waals surface area contributed by atoms with Crippen molar-refractivity contribution in [1.82, 2.24) is 14.7 Å². The van der Waals surface area contributed by atoms with Gasteiger partial charge in [0.25, 0.3) is 11.3 Å². The lowest BCUT2D eigenvalue weighted by atomic mass is 10.1. The molecule has 0 atom stereocenters. The van der Waals surface area contributed by atoms with Crippen molar-refractivity contribution in [1.29, 1.82) is 0 Å². The molecule has 4 aromatic rings. The number of anilines is 1. The van der Waals surface area contributed by atoms with Gasteiger partial charge in [-0.2, -0.15) is 0 Å². The molecule has 0 aliphatic heterocycles. The first-order valence-electron chi connectivity index (χ1n) is 9.05. The van der Waals surface area contributed by atoms with Crippen molar-refractivity contribution >= 4 is 22.7 Å². The Morgan fingerprint density at radius 3 is 2.83 bits per heavy atom. The van der Waals surface area contributed by atoms with E-state index in [1.807, 2.05) is 31.2 Å². The third kappa shape index (κ3) is 3.64. The number of aryl methyl sites for hydroxylation is 1. The van der Waals surface area contributed by atoms with Crippen molar-refractivity contribution in [3.63, 3.8) is 0 Å². The normalized spacial score (nSPS) is 11.0. The van der Waals surface area contributed by atoms with E-state index in [0.717, 1.165) is 12.0 Å². The number of nitrogens with zero attached hydrogens (tertiary/aromatic N) is 3. The number of carbonyl (C=O) groups excluding carboxylic acids is 1. The molecule has 0 aliphatic carbocycles. The van der Waals surface area contributed by atoms with E-state index in [-0.39, 0.29) is 29.2 Å². The molecule has 0 saturated heterocycles. The number of amides is 1. The molecule has 29 heavy (non-hydrogen) atoms. The maximum atomic E-state index is 13.6. The smallest absolute Gasteiger partial charge is 0.267 e. The number of aromatic nitrogens is 3. The topological polar surface area (TPSA) is 90.0 Å². The Bertz CT molecular complexity index is 1260. The molecule has 2 heterocycles. The summed E-state index contributed by atoms with van der Waals surface area (Å²) < 4.78 is 19.9. The van der Waals surface area contributed by atoms with Crippen LogP contribution >= 0.6 is 0 Å². The summed E-state index contributed by atoms with van der Waals surface area (Å²) in [6.45, 7) is 1.76. The highest BCUT2D eigenvalue weighted by Crippen LogP contribution is 2.24. The minimum Gasteiger partial charge on any atom is -0.335 e. The molecule has 1 amide bonds. The first kappa shape index (κ1) is 18.5. The fourth-order valence-corrected chi connectivity index (χ4v) is 3.12. The van der Waals surface area contributed by atoms with Gasteiger partial charge in [-0.25, -0.2) is 9.37 Å². The van der Waals surface area contributed by atoms with Crippen LogP contribution in [0, 0.1) is 5.82 Å². The highest BCUT2D eigenvalue weighted by Gasteiger charge is 2.18. The van der Waals surface area contributed by atoms with Crippen LogP contribution in [0.1, 0.15) is 12.5 Å². The zero-order valence-electron chi connectivity index (χ0n) is 15.6. The molecule has 146 valence electrons. The van der Waals surface area contributed by atoms with E-state index in [1.165, 1.54) is 29.1 Å². The number of para-hydroxylation sites is 1. The fraction of sp³-hybridized carbons (Fsp3) is 0.143. The molecule has 4 rings (SSSR count). The van der Waals surface area contributed by atoms with E-state index < -0.39 is 11.4 Å². The molecule has 2 aromatic heterocycles. The summed E-state index contributed by atoms with van der Waals surface area (Å²) in [5.74, 6) is -0.824. The summed E-state index contributed by atoms with van der Waals surface area (Å²) in [6.07, 6.45) is 2.00. The van der Waals surface area contributed by atoms with Crippen molar-refractivity contribution in [2.45, 2.75) is 19.9 Å². The molecule has 0 fully saturated rings. The first-order valence-corrected chi connectivity index (χ1v) is 9.05. The molecule has 0 unspecified atom stereocenters. The molecule has 0 bridgehead atoms. The zero-order chi connectivity index (χ0) is 20.4. The monoisotopic (exact) mass is 392 g/mol. The molecule has 7 nitrogen and oxygen atoms in total. The predicted octanol–water partition coefficient (Wildman–Crippen LogP) is 3.39. The second-order valence-electron chi connectivity index (χ2n) is 6.46. The van der Waals surface area contributed by atoms with Gasteiger partial charge in [-0.15, -0.1) is 0 Å². The Balaban J connectivity index is 1.66. The molecule has 2 aromatic carbocycles. The Morgan fingerprint density at radius 1 is 1.21 bits per heavy atom. The lowest BCUT2D eigenvalue weighted by Crippen LogP contribution is -2.28. The first-order chi connectivity index (χ1) is 14.1. The largest absolute Gasteiger partial charge is 0.335 e. The molecule has 8 heteroatoms. The summed E-state index contributed by atoms with van der Waals surface area (Å²) in [6, 6.07) is 13.1. The molecule has 0 aliphatic rings. The fourth-order valence-electron chi connectivity index (χ4n) is 3.12. The molecule has 0 spiro atoms. The lowest BCUT2D eigenvalue weighted by molar-refractivity contribution is -0.116. The maximum absolute atomic E-state index is 13.6. The maximum Gasteiger partial charge on any atom is 0.267 e. The van der Waals surface area contributed by atoms with Gasteiger partial charge < -0.3 is 9.84 Å². The molecular weight excluding hydrogens is 375 g/mol. The summed E-state index contributed by atoms with van der Waals surface area (Å²) in [7, 11) is 0. The average molecular weight is 392 g/mol. The van der Waals surface area contributed by atoms with E-state index in [2.05, 4.69) is 15.5 Å². The average Bonchev–Trinajstić information content (AvgIpc) is 3.15. The minimum absolute atomic E-state index is 0.0299. The summed E-state index contributed by atoms with van der Waals surface area (Å²) in [5, 5.41) is 6.77. The highest BCUT2D eigenvalue weighted by molar-refractivity contribution is 5.92. The molecule has 0 saturated carbocycles. The van der Waals surface area contributed by atoms with E-state index >= 15 is 0 Å². The van der Waals surface area contributed by atoms with Gasteiger partial charge in [0.15, 0.2) is 0 Å². The standard InChI is InChI=1S/C21H17FN4O3/c1-2-13-6-3-4-9-16(13)24-17(27)11-26-12-23-20-18(21(26)28)19(25-29-20)14-7-5-8-15(22)10-14/h3-10,12H,2,11H2,1H3,(H,24,27). The van der Waals surface area contributed by atoms with Gasteiger partial charge in [0.05, 0.1) is 0 Å². The van der Waals surface area contributed by atoms with Gasteiger partial charge in [-0.05, 0) is 30.2 Å². The van der Waals surface area contributed by atoms with Crippen LogP contribution in [0.15, 0.2) is 64.2 Å². The quantitative estimate of drug-likeness (QED) is 0.562. The minimum atomic E-state index is -0.491. The van der Waals surface area contributed by atoms with Gasteiger partial charge in [-0.1, -0.05) is 42.4 Å². The van der Waals surface area contributed by atoms with Gasteiger partial charge in [0.2, 0.25) is 5.91 Å². The Kier molecular flexibility index (Phi) is 4.90. The third-order valence-electron chi connectivity index (χ3n) is 4.55. The van der Waals surface area contributed by atoms with Crippen molar-refractivity contribution in [3.8, 4) is 11.3 Å². The van der Waals surface area contributed by atoms with Crippen molar-refractivity contribution in [2.75, 3.05) is 5.32 Å². The van der Waals surface area contributed by atoms with Crippen molar-refractivity contribution in [3.05, 3.63) is 76.6 Å². The van der Waals surface area contributed by atoms with E-state index in [4.69, 9.17) is 4.52 Å². The van der Waals surface area contributed by atoms with Gasteiger partial charge >= 0.3 is 0 Å². The van der Waals surface area contributed by atoms with Crippen LogP contribution in [0.25, 0.3) is 22.4 Å². The number of hydrogen-bond acceptors (Lipinski definition) is 5. The van der Waals surface area contributed by atoms with Crippen LogP contribution in [-0.4, -0.2) is 20.6 Å². The molecular formula is C21H17FN4O3. The number of carbonyl (C=O) groups is 1. The number of benzene rings is 2.